The quantitative estimate of drug-likeness (QED) is 0.313. The highest BCUT2D eigenvalue weighted by Gasteiger charge is 2.67. The van der Waals surface area contributed by atoms with Gasteiger partial charge in [-0.25, -0.2) is 9.80 Å². The first-order valence-corrected chi connectivity index (χ1v) is 14.6. The zero-order valence-corrected chi connectivity index (χ0v) is 23.9. The summed E-state index contributed by atoms with van der Waals surface area (Å²) in [5, 5.41) is 10.5. The van der Waals surface area contributed by atoms with Crippen LogP contribution in [0.2, 0.25) is 5.02 Å². The molecule has 1 saturated carbocycles. The summed E-state index contributed by atoms with van der Waals surface area (Å²) in [6.45, 7) is 3.71. The first-order chi connectivity index (χ1) is 20.1. The van der Waals surface area contributed by atoms with Crippen molar-refractivity contribution in [1.29, 1.82) is 0 Å². The van der Waals surface area contributed by atoms with E-state index in [4.69, 9.17) is 11.6 Å². The largest absolute Gasteiger partial charge is 0.508 e. The van der Waals surface area contributed by atoms with Gasteiger partial charge in [-0.1, -0.05) is 59.6 Å². The number of phenolic OH excluding ortho intramolecular Hbond substituents is 1. The number of benzene rings is 3. The molecule has 0 radical (unpaired) electrons. The first kappa shape index (κ1) is 26.7. The molecule has 0 bridgehead atoms. The molecule has 3 aromatic carbocycles. The molecule has 3 aromatic rings. The number of carbonyl (C=O) groups is 4. The molecule has 4 aliphatic rings. The Labute approximate surface area is 248 Å². The fourth-order valence-corrected chi connectivity index (χ4v) is 8.04. The van der Waals surface area contributed by atoms with Crippen LogP contribution >= 0.6 is 11.6 Å². The molecule has 3 fully saturated rings. The first-order valence-electron chi connectivity index (χ1n) is 14.2. The van der Waals surface area contributed by atoms with Crippen LogP contribution in [-0.4, -0.2) is 28.7 Å². The number of allylic oxidation sites excluding steroid dienone is 2. The van der Waals surface area contributed by atoms with Gasteiger partial charge in [0.2, 0.25) is 23.6 Å². The summed E-state index contributed by atoms with van der Waals surface area (Å²) in [6.07, 6.45) is 2.66. The summed E-state index contributed by atoms with van der Waals surface area (Å²) in [7, 11) is 0. The average Bonchev–Trinajstić information content (AvgIpc) is 3.35. The number of aromatic hydroxyl groups is 1. The van der Waals surface area contributed by atoms with Gasteiger partial charge in [0.05, 0.1) is 34.5 Å². The maximum Gasteiger partial charge on any atom is 0.241 e. The van der Waals surface area contributed by atoms with Gasteiger partial charge in [0.25, 0.3) is 0 Å². The number of anilines is 2. The fraction of sp³-hybridized carbons (Fsp3) is 0.294. The molecule has 212 valence electrons. The topological polar surface area (TPSA) is 95.0 Å². The number of carbonyl (C=O) groups excluding carboxylic acids is 4. The van der Waals surface area contributed by atoms with Crippen molar-refractivity contribution >= 4 is 46.6 Å². The number of nitrogens with zero attached hydrogens (tertiary/aromatic N) is 2. The average molecular weight is 581 g/mol. The molecule has 6 atom stereocenters. The van der Waals surface area contributed by atoms with Crippen molar-refractivity contribution in [1.82, 2.24) is 0 Å². The van der Waals surface area contributed by atoms with E-state index in [-0.39, 0.29) is 35.8 Å². The van der Waals surface area contributed by atoms with Gasteiger partial charge in [-0.2, -0.15) is 0 Å². The molecular formula is C34H29ClN2O5. The van der Waals surface area contributed by atoms with Crippen LogP contribution in [0.5, 0.6) is 5.75 Å². The number of aryl methyl sites for hydroxylation is 1. The Balaban J connectivity index is 1.35. The van der Waals surface area contributed by atoms with Gasteiger partial charge >= 0.3 is 0 Å². The molecular weight excluding hydrogens is 552 g/mol. The summed E-state index contributed by atoms with van der Waals surface area (Å²) < 4.78 is 0. The molecule has 2 aliphatic heterocycles. The number of fused-ring (bicyclic) bond motifs is 4. The van der Waals surface area contributed by atoms with Crippen LogP contribution in [0.25, 0.3) is 0 Å². The third-order valence-electron chi connectivity index (χ3n) is 9.93. The van der Waals surface area contributed by atoms with E-state index in [2.05, 4.69) is 0 Å². The molecule has 7 nitrogen and oxygen atoms in total. The van der Waals surface area contributed by atoms with Crippen LogP contribution in [0.4, 0.5) is 11.4 Å². The van der Waals surface area contributed by atoms with E-state index in [1.807, 2.05) is 26.0 Å². The van der Waals surface area contributed by atoms with Crippen molar-refractivity contribution in [2.24, 2.45) is 29.1 Å². The highest BCUT2D eigenvalue weighted by Crippen LogP contribution is 2.63. The van der Waals surface area contributed by atoms with Crippen molar-refractivity contribution in [3.63, 3.8) is 0 Å². The van der Waals surface area contributed by atoms with E-state index in [9.17, 15) is 24.3 Å². The van der Waals surface area contributed by atoms with E-state index in [1.165, 1.54) is 9.80 Å². The second kappa shape index (κ2) is 9.39. The van der Waals surface area contributed by atoms with Crippen LogP contribution in [0.15, 0.2) is 84.4 Å². The molecule has 0 aromatic heterocycles. The molecule has 4 amide bonds. The lowest BCUT2D eigenvalue weighted by Crippen LogP contribution is -2.48. The molecule has 7 rings (SSSR count). The minimum atomic E-state index is -1.12. The van der Waals surface area contributed by atoms with E-state index in [1.54, 1.807) is 66.7 Å². The zero-order valence-electron chi connectivity index (χ0n) is 23.2. The van der Waals surface area contributed by atoms with Gasteiger partial charge in [-0.3, -0.25) is 19.2 Å². The number of imide groups is 2. The minimum absolute atomic E-state index is 0.0919. The van der Waals surface area contributed by atoms with Crippen molar-refractivity contribution in [3.8, 4) is 5.75 Å². The molecule has 2 saturated heterocycles. The standard InChI is InChI=1S/C34H29ClN2O5/c1-18-8-11-21(16-27(18)35)36-30(39)24-15-14-23-25(28(24)32(36)41)17-26-31(40)37(20-6-4-3-5-7-20)33(42)34(26,2)29(23)19-9-12-22(38)13-10-19/h3-14,16,24-26,28-29,38H,15,17H2,1-2H3/t24-,25+,26-,28-,29-,34+/m0/s1. The minimum Gasteiger partial charge on any atom is -0.508 e. The zero-order chi connectivity index (χ0) is 29.5. The molecule has 8 heteroatoms. The molecule has 0 unspecified atom stereocenters. The Bertz CT molecular complexity index is 1700. The molecule has 42 heavy (non-hydrogen) atoms. The molecule has 2 aliphatic carbocycles. The number of amides is 4. The van der Waals surface area contributed by atoms with E-state index in [0.717, 1.165) is 16.7 Å². The summed E-state index contributed by atoms with van der Waals surface area (Å²) >= 11 is 6.37. The summed E-state index contributed by atoms with van der Waals surface area (Å²) in [6, 6.07) is 20.8. The third kappa shape index (κ3) is 3.59. The smallest absolute Gasteiger partial charge is 0.241 e. The highest BCUT2D eigenvalue weighted by atomic mass is 35.5. The lowest BCUT2D eigenvalue weighted by molar-refractivity contribution is -0.131. The molecule has 0 spiro atoms. The Hall–Kier alpha value is -4.23. The van der Waals surface area contributed by atoms with Gasteiger partial charge < -0.3 is 5.11 Å². The number of hydrogen-bond donors (Lipinski definition) is 1. The van der Waals surface area contributed by atoms with Gasteiger partial charge in [-0.05, 0) is 80.1 Å². The second-order valence-electron chi connectivity index (χ2n) is 12.0. The van der Waals surface area contributed by atoms with Crippen LogP contribution in [0.3, 0.4) is 0 Å². The SMILES string of the molecule is Cc1ccc(N2C(=O)[C@H]3[C@H](CC=C4[C@H]3C[C@H]3C(=O)N(c5ccccc5)C(=O)[C@@]3(C)[C@H]4c3ccc(O)cc3)C2=O)cc1Cl. The Kier molecular flexibility index (Phi) is 5.96. The third-order valence-corrected chi connectivity index (χ3v) is 10.3. The van der Waals surface area contributed by atoms with Crippen LogP contribution in [0.1, 0.15) is 36.8 Å². The Morgan fingerprint density at radius 3 is 2.24 bits per heavy atom. The molecule has 2 heterocycles. The number of phenols is 1. The number of halogens is 1. The van der Waals surface area contributed by atoms with Crippen LogP contribution in [-0.2, 0) is 19.2 Å². The van der Waals surface area contributed by atoms with Crippen LogP contribution < -0.4 is 9.80 Å². The molecule has 1 N–H and O–H groups in total. The van der Waals surface area contributed by atoms with Gasteiger partial charge in [0.1, 0.15) is 5.75 Å². The van der Waals surface area contributed by atoms with Crippen molar-refractivity contribution in [2.75, 3.05) is 9.80 Å². The van der Waals surface area contributed by atoms with Crippen molar-refractivity contribution in [3.05, 3.63) is 101 Å². The van der Waals surface area contributed by atoms with Gasteiger partial charge in [0.15, 0.2) is 0 Å². The van der Waals surface area contributed by atoms with E-state index < -0.39 is 35.0 Å². The monoisotopic (exact) mass is 580 g/mol. The number of hydrogen-bond acceptors (Lipinski definition) is 5. The fourth-order valence-electron chi connectivity index (χ4n) is 7.86. The van der Waals surface area contributed by atoms with Crippen molar-refractivity contribution < 1.29 is 24.3 Å². The number of para-hydroxylation sites is 1. The highest BCUT2D eigenvalue weighted by molar-refractivity contribution is 6.32. The normalized spacial score (nSPS) is 30.3. The maximum atomic E-state index is 14.3. The Morgan fingerprint density at radius 2 is 1.55 bits per heavy atom. The lowest BCUT2D eigenvalue weighted by Gasteiger charge is -2.49. The summed E-state index contributed by atoms with van der Waals surface area (Å²) in [4.78, 5) is 58.8. The summed E-state index contributed by atoms with van der Waals surface area (Å²) in [5.41, 5.74) is 2.36. The summed E-state index contributed by atoms with van der Waals surface area (Å²) in [5.74, 6) is -3.89. The second-order valence-corrected chi connectivity index (χ2v) is 12.4. The van der Waals surface area contributed by atoms with Gasteiger partial charge in [-0.15, -0.1) is 0 Å². The predicted octanol–water partition coefficient (Wildman–Crippen LogP) is 5.79. The van der Waals surface area contributed by atoms with Crippen molar-refractivity contribution in [2.45, 2.75) is 32.6 Å². The van der Waals surface area contributed by atoms with Crippen LogP contribution in [0, 0.1) is 36.0 Å². The van der Waals surface area contributed by atoms with E-state index >= 15 is 0 Å². The van der Waals surface area contributed by atoms with Gasteiger partial charge in [0, 0.05) is 10.9 Å². The van der Waals surface area contributed by atoms with E-state index in [0.29, 0.717) is 22.8 Å². The Morgan fingerprint density at radius 1 is 0.833 bits per heavy atom. The predicted molar refractivity (Wildman–Crippen MR) is 158 cm³/mol. The maximum absolute atomic E-state index is 14.3. The number of rotatable bonds is 3. The lowest BCUT2D eigenvalue weighted by atomic mass is 9.51.